The number of hydrogen-bond donors (Lipinski definition) is 4. The van der Waals surface area contributed by atoms with Crippen LogP contribution in [0.5, 0.6) is 0 Å². The molecule has 0 aliphatic heterocycles. The Kier molecular flexibility index (Phi) is 7.30. The Morgan fingerprint density at radius 3 is 1.95 bits per heavy atom. The summed E-state index contributed by atoms with van der Waals surface area (Å²) in [5.74, 6) is -4.39. The van der Waals surface area contributed by atoms with E-state index in [1.165, 1.54) is 0 Å². The molecule has 0 rings (SSSR count). The smallest absolute Gasteiger partial charge is 0.330 e. The summed E-state index contributed by atoms with van der Waals surface area (Å²) in [5.41, 5.74) is 10.5. The lowest BCUT2D eigenvalue weighted by atomic mass is 10.1. The molecule has 0 aromatic carbocycles. The van der Waals surface area contributed by atoms with Gasteiger partial charge in [-0.25, -0.2) is 4.79 Å². The minimum Gasteiger partial charge on any atom is -0.481 e. The van der Waals surface area contributed by atoms with Crippen molar-refractivity contribution in [2.24, 2.45) is 11.5 Å². The Bertz CT molecular complexity index is 369. The van der Waals surface area contributed by atoms with Gasteiger partial charge in [-0.05, 0) is 12.8 Å². The molecule has 9 nitrogen and oxygen atoms in total. The molecule has 0 fully saturated rings. The number of nitrogens with two attached hydrogens (primary N) is 2. The zero-order valence-corrected chi connectivity index (χ0v) is 10.1. The van der Waals surface area contributed by atoms with Gasteiger partial charge < -0.3 is 26.4 Å². The average Bonchev–Trinajstić information content (AvgIpc) is 2.32. The first-order valence-corrected chi connectivity index (χ1v) is 5.44. The van der Waals surface area contributed by atoms with Gasteiger partial charge in [-0.2, -0.15) is 0 Å². The molecule has 0 heterocycles. The van der Waals surface area contributed by atoms with E-state index in [1.807, 2.05) is 0 Å². The third-order valence-electron chi connectivity index (χ3n) is 2.16. The van der Waals surface area contributed by atoms with Gasteiger partial charge >= 0.3 is 23.9 Å². The molecule has 0 saturated heterocycles. The van der Waals surface area contributed by atoms with Crippen molar-refractivity contribution >= 4 is 23.9 Å². The molecular formula is C10H16N2O7. The van der Waals surface area contributed by atoms with Crippen LogP contribution in [-0.4, -0.2) is 46.2 Å². The van der Waals surface area contributed by atoms with Crippen LogP contribution in [-0.2, 0) is 23.9 Å². The molecule has 0 spiro atoms. The van der Waals surface area contributed by atoms with Crippen molar-refractivity contribution in [3.63, 3.8) is 0 Å². The number of ether oxygens (including phenoxy) is 1. The van der Waals surface area contributed by atoms with Gasteiger partial charge in [0.15, 0.2) is 0 Å². The zero-order chi connectivity index (χ0) is 15.0. The third kappa shape index (κ3) is 7.84. The largest absolute Gasteiger partial charge is 0.481 e. The molecule has 19 heavy (non-hydrogen) atoms. The molecular weight excluding hydrogens is 260 g/mol. The van der Waals surface area contributed by atoms with Crippen LogP contribution in [0.3, 0.4) is 0 Å². The summed E-state index contributed by atoms with van der Waals surface area (Å²) in [6.45, 7) is 0. The number of carboxylic acids is 2. The van der Waals surface area contributed by atoms with E-state index in [2.05, 4.69) is 4.74 Å². The first-order chi connectivity index (χ1) is 8.73. The van der Waals surface area contributed by atoms with Crippen LogP contribution in [0.15, 0.2) is 0 Å². The Hall–Kier alpha value is -2.00. The molecule has 0 saturated carbocycles. The summed E-state index contributed by atoms with van der Waals surface area (Å²) in [4.78, 5) is 43.0. The highest BCUT2D eigenvalue weighted by molar-refractivity contribution is 5.88. The number of carbonyl (C=O) groups is 4. The quantitative estimate of drug-likeness (QED) is 0.302. The maximum atomic E-state index is 11.2. The van der Waals surface area contributed by atoms with Gasteiger partial charge in [0.05, 0.1) is 0 Å². The van der Waals surface area contributed by atoms with Crippen molar-refractivity contribution in [3.8, 4) is 0 Å². The summed E-state index contributed by atoms with van der Waals surface area (Å²) in [5, 5.41) is 16.8. The highest BCUT2D eigenvalue weighted by atomic mass is 16.6. The minimum atomic E-state index is -1.27. The van der Waals surface area contributed by atoms with E-state index in [0.29, 0.717) is 0 Å². The second-order valence-corrected chi connectivity index (χ2v) is 3.82. The highest BCUT2D eigenvalue weighted by Gasteiger charge is 2.21. The van der Waals surface area contributed by atoms with Crippen LogP contribution < -0.4 is 11.5 Å². The molecule has 0 amide bonds. The Morgan fingerprint density at radius 1 is 0.947 bits per heavy atom. The minimum absolute atomic E-state index is 0.157. The number of carbonyl (C=O) groups excluding carboxylic acids is 2. The molecule has 0 bridgehead atoms. The van der Waals surface area contributed by atoms with Crippen LogP contribution in [0, 0.1) is 0 Å². The van der Waals surface area contributed by atoms with Crippen molar-refractivity contribution in [1.29, 1.82) is 0 Å². The summed E-state index contributed by atoms with van der Waals surface area (Å²) < 4.78 is 4.33. The SMILES string of the molecule is N[C@@H](CCC(=O)OC(=O)[C@@H](N)CCC(=O)O)C(=O)O. The van der Waals surface area contributed by atoms with Gasteiger partial charge in [-0.15, -0.1) is 0 Å². The topological polar surface area (TPSA) is 170 Å². The number of hydrogen-bond acceptors (Lipinski definition) is 7. The maximum absolute atomic E-state index is 11.2. The van der Waals surface area contributed by atoms with Crippen LogP contribution in [0.25, 0.3) is 0 Å². The van der Waals surface area contributed by atoms with E-state index >= 15 is 0 Å². The second kappa shape index (κ2) is 8.16. The maximum Gasteiger partial charge on any atom is 0.330 e. The standard InChI is InChI=1S/C10H16N2O7/c11-5(9(16)17)2-4-8(15)19-10(18)6(12)1-3-7(13)14/h5-6H,1-4,11-12H2,(H,13,14)(H,16,17)/t5-,6-/m0/s1. The van der Waals surface area contributed by atoms with E-state index in [1.54, 1.807) is 0 Å². The fourth-order valence-corrected chi connectivity index (χ4v) is 1.03. The Morgan fingerprint density at radius 2 is 1.47 bits per heavy atom. The molecule has 9 heteroatoms. The van der Waals surface area contributed by atoms with Gasteiger partial charge in [0.1, 0.15) is 12.1 Å². The molecule has 0 unspecified atom stereocenters. The third-order valence-corrected chi connectivity index (χ3v) is 2.16. The lowest BCUT2D eigenvalue weighted by molar-refractivity contribution is -0.160. The van der Waals surface area contributed by atoms with Crippen LogP contribution in [0.1, 0.15) is 25.7 Å². The fraction of sp³-hybridized carbons (Fsp3) is 0.600. The predicted octanol–water partition coefficient (Wildman–Crippen LogP) is -1.56. The summed E-state index contributed by atoms with van der Waals surface area (Å²) in [6, 6.07) is -2.43. The molecule has 0 radical (unpaired) electrons. The highest BCUT2D eigenvalue weighted by Crippen LogP contribution is 2.01. The fourth-order valence-electron chi connectivity index (χ4n) is 1.03. The van der Waals surface area contributed by atoms with E-state index < -0.39 is 36.0 Å². The van der Waals surface area contributed by atoms with Gasteiger partial charge in [-0.1, -0.05) is 0 Å². The molecule has 0 aromatic rings. The number of esters is 2. The summed E-state index contributed by atoms with van der Waals surface area (Å²) in [6.07, 6.45) is -0.999. The Labute approximate surface area is 108 Å². The van der Waals surface area contributed by atoms with Gasteiger partial charge in [-0.3, -0.25) is 14.4 Å². The van der Waals surface area contributed by atoms with Gasteiger partial charge in [0.2, 0.25) is 0 Å². The van der Waals surface area contributed by atoms with E-state index in [9.17, 15) is 19.2 Å². The average molecular weight is 276 g/mol. The van der Waals surface area contributed by atoms with Crippen molar-refractivity contribution in [2.45, 2.75) is 37.8 Å². The van der Waals surface area contributed by atoms with Crippen molar-refractivity contribution < 1.29 is 34.1 Å². The molecule has 0 aliphatic carbocycles. The Balaban J connectivity index is 4.01. The molecule has 0 aromatic heterocycles. The zero-order valence-electron chi connectivity index (χ0n) is 10.1. The van der Waals surface area contributed by atoms with Gasteiger partial charge in [0, 0.05) is 12.8 Å². The van der Waals surface area contributed by atoms with Gasteiger partial charge in [0.25, 0.3) is 0 Å². The normalized spacial score (nSPS) is 13.4. The number of aliphatic carboxylic acids is 2. The molecule has 108 valence electrons. The summed E-state index contributed by atoms with van der Waals surface area (Å²) in [7, 11) is 0. The van der Waals surface area contributed by atoms with E-state index in [-0.39, 0.29) is 25.7 Å². The van der Waals surface area contributed by atoms with Crippen molar-refractivity contribution in [1.82, 2.24) is 0 Å². The lowest BCUT2D eigenvalue weighted by Gasteiger charge is -2.09. The van der Waals surface area contributed by atoms with Crippen molar-refractivity contribution in [2.75, 3.05) is 0 Å². The lowest BCUT2D eigenvalue weighted by Crippen LogP contribution is -2.35. The monoisotopic (exact) mass is 276 g/mol. The molecule has 6 N–H and O–H groups in total. The van der Waals surface area contributed by atoms with Crippen LogP contribution in [0.2, 0.25) is 0 Å². The number of carboxylic acid groups (broad SMARTS) is 2. The summed E-state index contributed by atoms with van der Waals surface area (Å²) >= 11 is 0. The van der Waals surface area contributed by atoms with Crippen molar-refractivity contribution in [3.05, 3.63) is 0 Å². The molecule has 2 atom stereocenters. The number of rotatable bonds is 8. The van der Waals surface area contributed by atoms with E-state index in [0.717, 1.165) is 0 Å². The first-order valence-electron chi connectivity index (χ1n) is 5.44. The first kappa shape index (κ1) is 17.0. The van der Waals surface area contributed by atoms with E-state index in [4.69, 9.17) is 21.7 Å². The molecule has 0 aliphatic rings. The second-order valence-electron chi connectivity index (χ2n) is 3.82. The predicted molar refractivity (Wildman–Crippen MR) is 60.8 cm³/mol. The van der Waals surface area contributed by atoms with Crippen LogP contribution >= 0.6 is 0 Å². The van der Waals surface area contributed by atoms with Crippen LogP contribution in [0.4, 0.5) is 0 Å².